The summed E-state index contributed by atoms with van der Waals surface area (Å²) in [7, 11) is 0. The van der Waals surface area contributed by atoms with Crippen molar-refractivity contribution < 1.29 is 19.7 Å². The van der Waals surface area contributed by atoms with Gasteiger partial charge >= 0.3 is 5.97 Å². The van der Waals surface area contributed by atoms with Crippen LogP contribution in [0.1, 0.15) is 25.0 Å². The summed E-state index contributed by atoms with van der Waals surface area (Å²) in [6, 6.07) is 6.62. The topological polar surface area (TPSA) is 66.8 Å². The molecule has 94 valence electrons. The summed E-state index contributed by atoms with van der Waals surface area (Å²) in [5, 5.41) is 19.9. The van der Waals surface area contributed by atoms with E-state index in [1.54, 1.807) is 31.2 Å². The number of carbonyl (C=O) groups excluding carboxylic acids is 1. The van der Waals surface area contributed by atoms with Crippen LogP contribution in [0.3, 0.4) is 0 Å². The van der Waals surface area contributed by atoms with Gasteiger partial charge in [-0.15, -0.1) is 0 Å². The number of rotatable bonds is 5. The van der Waals surface area contributed by atoms with Crippen LogP contribution in [-0.2, 0) is 9.53 Å². The Bertz CT molecular complexity index is 381. The summed E-state index contributed by atoms with van der Waals surface area (Å²) in [6.07, 6.45) is -2.69. The van der Waals surface area contributed by atoms with Gasteiger partial charge in [-0.25, -0.2) is 0 Å². The van der Waals surface area contributed by atoms with E-state index >= 15 is 0 Å². The van der Waals surface area contributed by atoms with Crippen molar-refractivity contribution >= 4 is 17.6 Å². The zero-order valence-electron chi connectivity index (χ0n) is 9.47. The molecule has 0 aromatic heterocycles. The summed E-state index contributed by atoms with van der Waals surface area (Å²) >= 11 is 5.87. The highest BCUT2D eigenvalue weighted by Crippen LogP contribution is 2.26. The summed E-state index contributed by atoms with van der Waals surface area (Å²) in [4.78, 5) is 11.1. The third-order valence-corrected chi connectivity index (χ3v) is 2.61. The maximum absolute atomic E-state index is 11.1. The molecule has 1 rings (SSSR count). The molecule has 4 nitrogen and oxygen atoms in total. The molecule has 2 N–H and O–H groups in total. The van der Waals surface area contributed by atoms with Crippen LogP contribution in [0.4, 0.5) is 0 Å². The minimum atomic E-state index is -1.23. The molecular formula is C12H15ClO4. The highest BCUT2D eigenvalue weighted by atomic mass is 35.5. The molecule has 0 amide bonds. The Morgan fingerprint density at radius 3 is 2.65 bits per heavy atom. The molecule has 0 aliphatic rings. The fourth-order valence-electron chi connectivity index (χ4n) is 1.42. The number of esters is 1. The molecule has 0 aliphatic carbocycles. The summed E-state index contributed by atoms with van der Waals surface area (Å²) in [5.74, 6) is -0.550. The van der Waals surface area contributed by atoms with Crippen molar-refractivity contribution in [2.45, 2.75) is 25.6 Å². The Balaban J connectivity index is 2.67. The van der Waals surface area contributed by atoms with Crippen LogP contribution in [0.25, 0.3) is 0 Å². The normalized spacial score (nSPS) is 14.1. The van der Waals surface area contributed by atoms with E-state index in [-0.39, 0.29) is 13.0 Å². The van der Waals surface area contributed by atoms with Gasteiger partial charge in [0.15, 0.2) is 0 Å². The highest BCUT2D eigenvalue weighted by Gasteiger charge is 2.23. The van der Waals surface area contributed by atoms with E-state index in [0.717, 1.165) is 0 Å². The quantitative estimate of drug-likeness (QED) is 0.789. The van der Waals surface area contributed by atoms with Gasteiger partial charge in [-0.1, -0.05) is 29.8 Å². The van der Waals surface area contributed by atoms with Gasteiger partial charge in [0, 0.05) is 10.6 Å². The molecule has 2 unspecified atom stereocenters. The van der Waals surface area contributed by atoms with Crippen LogP contribution in [-0.4, -0.2) is 28.9 Å². The van der Waals surface area contributed by atoms with Crippen molar-refractivity contribution in [3.63, 3.8) is 0 Å². The van der Waals surface area contributed by atoms with E-state index in [0.29, 0.717) is 10.6 Å². The van der Waals surface area contributed by atoms with Gasteiger partial charge in [-0.2, -0.15) is 0 Å². The van der Waals surface area contributed by atoms with E-state index in [9.17, 15) is 15.0 Å². The predicted octanol–water partition coefficient (Wildman–Crippen LogP) is 1.69. The van der Waals surface area contributed by atoms with Gasteiger partial charge in [0.1, 0.15) is 6.10 Å². The Kier molecular flexibility index (Phi) is 5.41. The Morgan fingerprint density at radius 2 is 2.06 bits per heavy atom. The molecule has 0 fully saturated rings. The number of ether oxygens (including phenoxy) is 1. The van der Waals surface area contributed by atoms with Crippen LogP contribution in [0.15, 0.2) is 24.3 Å². The first kappa shape index (κ1) is 14.0. The smallest absolute Gasteiger partial charge is 0.308 e. The average molecular weight is 259 g/mol. The molecule has 0 saturated carbocycles. The zero-order chi connectivity index (χ0) is 12.8. The predicted molar refractivity (Wildman–Crippen MR) is 63.7 cm³/mol. The fourth-order valence-corrected chi connectivity index (χ4v) is 1.67. The SMILES string of the molecule is CCOC(=O)CC(O)C(O)c1ccccc1Cl. The number of carbonyl (C=O) groups is 1. The largest absolute Gasteiger partial charge is 0.466 e. The Hall–Kier alpha value is -1.10. The number of aliphatic hydroxyl groups is 2. The highest BCUT2D eigenvalue weighted by molar-refractivity contribution is 6.31. The maximum Gasteiger partial charge on any atom is 0.308 e. The van der Waals surface area contributed by atoms with Crippen molar-refractivity contribution in [2.75, 3.05) is 6.61 Å². The second-order valence-electron chi connectivity index (χ2n) is 3.54. The number of hydrogen-bond acceptors (Lipinski definition) is 4. The fraction of sp³-hybridized carbons (Fsp3) is 0.417. The molecule has 0 aliphatic heterocycles. The monoisotopic (exact) mass is 258 g/mol. The molecular weight excluding hydrogens is 244 g/mol. The molecule has 0 radical (unpaired) electrons. The Morgan fingerprint density at radius 1 is 1.41 bits per heavy atom. The molecule has 1 aromatic carbocycles. The van der Waals surface area contributed by atoms with Crippen molar-refractivity contribution in [1.29, 1.82) is 0 Å². The van der Waals surface area contributed by atoms with E-state index in [1.165, 1.54) is 0 Å². The second kappa shape index (κ2) is 6.59. The summed E-state index contributed by atoms with van der Waals surface area (Å²) in [5.41, 5.74) is 0.394. The average Bonchev–Trinajstić information content (AvgIpc) is 2.29. The minimum Gasteiger partial charge on any atom is -0.466 e. The lowest BCUT2D eigenvalue weighted by Crippen LogP contribution is -2.23. The lowest BCUT2D eigenvalue weighted by Gasteiger charge is -2.18. The number of benzene rings is 1. The molecule has 0 heterocycles. The summed E-state index contributed by atoms with van der Waals surface area (Å²) in [6.45, 7) is 1.92. The van der Waals surface area contributed by atoms with E-state index < -0.39 is 18.2 Å². The van der Waals surface area contributed by atoms with Crippen molar-refractivity contribution in [3.8, 4) is 0 Å². The third-order valence-electron chi connectivity index (χ3n) is 2.27. The molecule has 5 heteroatoms. The van der Waals surface area contributed by atoms with Gasteiger partial charge < -0.3 is 14.9 Å². The van der Waals surface area contributed by atoms with Crippen molar-refractivity contribution in [2.24, 2.45) is 0 Å². The van der Waals surface area contributed by atoms with Crippen LogP contribution < -0.4 is 0 Å². The van der Waals surface area contributed by atoms with E-state index in [4.69, 9.17) is 11.6 Å². The van der Waals surface area contributed by atoms with Crippen LogP contribution in [0.2, 0.25) is 5.02 Å². The maximum atomic E-state index is 11.1. The molecule has 1 aromatic rings. The first-order valence-electron chi connectivity index (χ1n) is 5.32. The molecule has 17 heavy (non-hydrogen) atoms. The molecule has 0 saturated heterocycles. The van der Waals surface area contributed by atoms with Gasteiger partial charge in [-0.05, 0) is 13.0 Å². The van der Waals surface area contributed by atoms with Crippen molar-refractivity contribution in [3.05, 3.63) is 34.9 Å². The third kappa shape index (κ3) is 4.00. The number of hydrogen-bond donors (Lipinski definition) is 2. The second-order valence-corrected chi connectivity index (χ2v) is 3.95. The summed E-state index contributed by atoms with van der Waals surface area (Å²) < 4.78 is 4.69. The van der Waals surface area contributed by atoms with Crippen LogP contribution >= 0.6 is 11.6 Å². The molecule has 0 bridgehead atoms. The number of halogens is 1. The van der Waals surface area contributed by atoms with Crippen LogP contribution in [0.5, 0.6) is 0 Å². The minimum absolute atomic E-state index is 0.244. The lowest BCUT2D eigenvalue weighted by molar-refractivity contribution is -0.147. The molecule has 2 atom stereocenters. The standard InChI is InChI=1S/C12H15ClO4/c1-2-17-11(15)7-10(14)12(16)8-5-3-4-6-9(8)13/h3-6,10,12,14,16H,2,7H2,1H3. The van der Waals surface area contributed by atoms with E-state index in [1.807, 2.05) is 0 Å². The molecule has 0 spiro atoms. The van der Waals surface area contributed by atoms with Crippen molar-refractivity contribution in [1.82, 2.24) is 0 Å². The van der Waals surface area contributed by atoms with Gasteiger partial charge in [0.05, 0.1) is 19.1 Å². The first-order chi connectivity index (χ1) is 8.06. The Labute approximate surface area is 105 Å². The zero-order valence-corrected chi connectivity index (χ0v) is 10.2. The lowest BCUT2D eigenvalue weighted by atomic mass is 10.0. The van der Waals surface area contributed by atoms with Gasteiger partial charge in [-0.3, -0.25) is 4.79 Å². The van der Waals surface area contributed by atoms with Gasteiger partial charge in [0.25, 0.3) is 0 Å². The van der Waals surface area contributed by atoms with E-state index in [2.05, 4.69) is 4.74 Å². The van der Waals surface area contributed by atoms with Gasteiger partial charge in [0.2, 0.25) is 0 Å². The first-order valence-corrected chi connectivity index (χ1v) is 5.70. The number of aliphatic hydroxyl groups excluding tert-OH is 2. The van der Waals surface area contributed by atoms with Crippen LogP contribution in [0, 0.1) is 0 Å².